The molecule has 0 unspecified atom stereocenters. The third-order valence-corrected chi connectivity index (χ3v) is 4.09. The van der Waals surface area contributed by atoms with E-state index in [9.17, 15) is 0 Å². The molecule has 1 aliphatic rings. The van der Waals surface area contributed by atoms with Gasteiger partial charge in [-0.1, -0.05) is 13.8 Å². The van der Waals surface area contributed by atoms with Gasteiger partial charge in [0, 0.05) is 25.2 Å². The van der Waals surface area contributed by atoms with Gasteiger partial charge in [0.15, 0.2) is 0 Å². The van der Waals surface area contributed by atoms with Crippen molar-refractivity contribution in [2.75, 3.05) is 18.0 Å². The highest BCUT2D eigenvalue weighted by molar-refractivity contribution is 5.27. The number of aromatic nitrogens is 1. The van der Waals surface area contributed by atoms with Crippen LogP contribution in [-0.2, 0) is 6.54 Å². The Labute approximate surface area is 122 Å². The molecule has 114 valence electrons. The van der Waals surface area contributed by atoms with Crippen molar-refractivity contribution in [3.63, 3.8) is 0 Å². The molecule has 0 aromatic carbocycles. The summed E-state index contributed by atoms with van der Waals surface area (Å²) in [5.41, 5.74) is 1.09. The first kappa shape index (κ1) is 15.4. The highest BCUT2D eigenvalue weighted by atomic mass is 16.4. The summed E-state index contributed by atoms with van der Waals surface area (Å²) in [7, 11) is 0. The molecule has 4 heteroatoms. The van der Waals surface area contributed by atoms with E-state index < -0.39 is 0 Å². The number of anilines is 1. The summed E-state index contributed by atoms with van der Waals surface area (Å²) in [6.45, 7) is 14.0. The van der Waals surface area contributed by atoms with Crippen LogP contribution in [0.25, 0.3) is 0 Å². The van der Waals surface area contributed by atoms with E-state index in [1.807, 2.05) is 0 Å². The second-order valence-electron chi connectivity index (χ2n) is 7.29. The van der Waals surface area contributed by atoms with Crippen LogP contribution in [0.1, 0.15) is 53.2 Å². The summed E-state index contributed by atoms with van der Waals surface area (Å²) in [6.07, 6.45) is 4.27. The van der Waals surface area contributed by atoms with Gasteiger partial charge < -0.3 is 14.6 Å². The first-order chi connectivity index (χ1) is 9.35. The maximum Gasteiger partial charge on any atom is 0.297 e. The van der Waals surface area contributed by atoms with E-state index in [1.165, 1.54) is 12.8 Å². The maximum atomic E-state index is 5.64. The Hall–Kier alpha value is -1.03. The SMILES string of the molecule is CC(C)C1CCN(c2nc(CNC(C)(C)C)co2)CC1. The number of oxazole rings is 1. The number of rotatable bonds is 4. The molecule has 1 N–H and O–H groups in total. The Morgan fingerprint density at radius 3 is 2.55 bits per heavy atom. The zero-order valence-electron chi connectivity index (χ0n) is 13.6. The molecular weight excluding hydrogens is 250 g/mol. The van der Waals surface area contributed by atoms with Gasteiger partial charge >= 0.3 is 0 Å². The Bertz CT molecular complexity index is 412. The molecule has 0 atom stereocenters. The summed E-state index contributed by atoms with van der Waals surface area (Å²) in [5, 5.41) is 3.44. The second-order valence-corrected chi connectivity index (χ2v) is 7.29. The molecule has 0 radical (unpaired) electrons. The van der Waals surface area contributed by atoms with Crippen molar-refractivity contribution in [1.29, 1.82) is 0 Å². The monoisotopic (exact) mass is 279 g/mol. The van der Waals surface area contributed by atoms with Crippen LogP contribution in [0.3, 0.4) is 0 Å². The number of hydrogen-bond acceptors (Lipinski definition) is 4. The van der Waals surface area contributed by atoms with E-state index >= 15 is 0 Å². The lowest BCUT2D eigenvalue weighted by Gasteiger charge is -2.32. The van der Waals surface area contributed by atoms with E-state index in [0.29, 0.717) is 0 Å². The lowest BCUT2D eigenvalue weighted by atomic mass is 9.87. The van der Waals surface area contributed by atoms with Crippen molar-refractivity contribution in [3.05, 3.63) is 12.0 Å². The third kappa shape index (κ3) is 4.23. The smallest absolute Gasteiger partial charge is 0.297 e. The molecular formula is C16H29N3O. The van der Waals surface area contributed by atoms with Gasteiger partial charge in [0.2, 0.25) is 0 Å². The summed E-state index contributed by atoms with van der Waals surface area (Å²) in [5.74, 6) is 1.64. The van der Waals surface area contributed by atoms with Crippen LogP contribution >= 0.6 is 0 Å². The first-order valence-corrected chi connectivity index (χ1v) is 7.79. The average Bonchev–Trinajstić information content (AvgIpc) is 2.84. The minimum Gasteiger partial charge on any atom is -0.432 e. The number of nitrogens with zero attached hydrogens (tertiary/aromatic N) is 2. The molecule has 20 heavy (non-hydrogen) atoms. The van der Waals surface area contributed by atoms with E-state index in [2.05, 4.69) is 49.8 Å². The lowest BCUT2D eigenvalue weighted by Crippen LogP contribution is -2.36. The van der Waals surface area contributed by atoms with Gasteiger partial charge in [-0.05, 0) is 45.4 Å². The summed E-state index contributed by atoms with van der Waals surface area (Å²) in [6, 6.07) is 0.790. The van der Waals surface area contributed by atoms with Crippen LogP contribution in [0.5, 0.6) is 0 Å². The zero-order chi connectivity index (χ0) is 14.8. The standard InChI is InChI=1S/C16H29N3O/c1-12(2)13-6-8-19(9-7-13)15-18-14(11-20-15)10-17-16(3,4)5/h11-13,17H,6-10H2,1-5H3. The lowest BCUT2D eigenvalue weighted by molar-refractivity contribution is 0.304. The Morgan fingerprint density at radius 1 is 1.35 bits per heavy atom. The maximum absolute atomic E-state index is 5.64. The molecule has 0 amide bonds. The summed E-state index contributed by atoms with van der Waals surface area (Å²) in [4.78, 5) is 6.88. The fraction of sp³-hybridized carbons (Fsp3) is 0.812. The number of piperidine rings is 1. The second kappa shape index (κ2) is 6.17. The highest BCUT2D eigenvalue weighted by Crippen LogP contribution is 2.27. The number of nitrogens with one attached hydrogen (secondary N) is 1. The fourth-order valence-electron chi connectivity index (χ4n) is 2.64. The minimum absolute atomic E-state index is 0.106. The van der Waals surface area contributed by atoms with Crippen LogP contribution < -0.4 is 10.2 Å². The van der Waals surface area contributed by atoms with Gasteiger partial charge in [-0.15, -0.1) is 0 Å². The molecule has 1 fully saturated rings. The molecule has 0 bridgehead atoms. The van der Waals surface area contributed by atoms with Crippen LogP contribution in [-0.4, -0.2) is 23.6 Å². The van der Waals surface area contributed by atoms with Gasteiger partial charge in [-0.2, -0.15) is 4.98 Å². The van der Waals surface area contributed by atoms with Crippen molar-refractivity contribution >= 4 is 6.01 Å². The molecule has 0 spiro atoms. The van der Waals surface area contributed by atoms with E-state index in [4.69, 9.17) is 4.42 Å². The molecule has 0 aliphatic carbocycles. The van der Waals surface area contributed by atoms with Gasteiger partial charge in [0.25, 0.3) is 6.01 Å². The molecule has 2 heterocycles. The Balaban J connectivity index is 1.87. The van der Waals surface area contributed by atoms with Crippen LogP contribution in [0.4, 0.5) is 6.01 Å². The van der Waals surface area contributed by atoms with E-state index in [-0.39, 0.29) is 5.54 Å². The Morgan fingerprint density at radius 2 is 2.00 bits per heavy atom. The third-order valence-electron chi connectivity index (χ3n) is 4.09. The van der Waals surface area contributed by atoms with Crippen LogP contribution in [0, 0.1) is 11.8 Å². The van der Waals surface area contributed by atoms with Crippen molar-refractivity contribution < 1.29 is 4.42 Å². The van der Waals surface area contributed by atoms with Crippen LogP contribution in [0.2, 0.25) is 0 Å². The van der Waals surface area contributed by atoms with Crippen LogP contribution in [0.15, 0.2) is 10.7 Å². The normalized spacial score (nSPS) is 18.0. The topological polar surface area (TPSA) is 41.3 Å². The number of hydrogen-bond donors (Lipinski definition) is 1. The molecule has 0 saturated carbocycles. The quantitative estimate of drug-likeness (QED) is 0.916. The fourth-order valence-corrected chi connectivity index (χ4v) is 2.64. The first-order valence-electron chi connectivity index (χ1n) is 7.79. The molecule has 2 rings (SSSR count). The summed E-state index contributed by atoms with van der Waals surface area (Å²) >= 11 is 0. The van der Waals surface area contributed by atoms with Gasteiger partial charge in [-0.3, -0.25) is 0 Å². The van der Waals surface area contributed by atoms with Crippen molar-refractivity contribution in [2.45, 2.75) is 59.5 Å². The van der Waals surface area contributed by atoms with Gasteiger partial charge in [-0.25, -0.2) is 0 Å². The predicted molar refractivity (Wildman–Crippen MR) is 82.9 cm³/mol. The minimum atomic E-state index is 0.106. The van der Waals surface area contributed by atoms with Crippen molar-refractivity contribution in [2.24, 2.45) is 11.8 Å². The predicted octanol–water partition coefficient (Wildman–Crippen LogP) is 3.44. The van der Waals surface area contributed by atoms with Gasteiger partial charge in [0.05, 0.1) is 5.69 Å². The van der Waals surface area contributed by atoms with Crippen molar-refractivity contribution in [1.82, 2.24) is 10.3 Å². The molecule has 4 nitrogen and oxygen atoms in total. The molecule has 1 aliphatic heterocycles. The molecule has 1 aromatic rings. The molecule has 1 saturated heterocycles. The van der Waals surface area contributed by atoms with E-state index in [1.54, 1.807) is 6.26 Å². The highest BCUT2D eigenvalue weighted by Gasteiger charge is 2.24. The average molecular weight is 279 g/mol. The summed E-state index contributed by atoms with van der Waals surface area (Å²) < 4.78 is 5.64. The largest absolute Gasteiger partial charge is 0.432 e. The van der Waals surface area contributed by atoms with E-state index in [0.717, 1.165) is 43.2 Å². The molecule has 1 aromatic heterocycles. The van der Waals surface area contributed by atoms with Crippen molar-refractivity contribution in [3.8, 4) is 0 Å². The zero-order valence-corrected chi connectivity index (χ0v) is 13.6. The van der Waals surface area contributed by atoms with Gasteiger partial charge in [0.1, 0.15) is 6.26 Å². The Kier molecular flexibility index (Phi) is 4.74.